The van der Waals surface area contributed by atoms with Crippen LogP contribution < -0.4 is 10.6 Å². The van der Waals surface area contributed by atoms with Gasteiger partial charge in [-0.3, -0.25) is 9.59 Å². The van der Waals surface area contributed by atoms with Crippen LogP contribution in [0.5, 0.6) is 0 Å². The fraction of sp³-hybridized carbons (Fsp3) is 0.176. The second-order valence-corrected chi connectivity index (χ2v) is 6.55. The summed E-state index contributed by atoms with van der Waals surface area (Å²) >= 11 is 1.36. The van der Waals surface area contributed by atoms with Crippen molar-refractivity contribution in [2.24, 2.45) is 0 Å². The van der Waals surface area contributed by atoms with Crippen LogP contribution in [0.3, 0.4) is 0 Å². The molecule has 23 heavy (non-hydrogen) atoms. The summed E-state index contributed by atoms with van der Waals surface area (Å²) < 4.78 is 13.3. The topological polar surface area (TPSA) is 58.2 Å². The molecule has 2 aromatic carbocycles. The van der Waals surface area contributed by atoms with Gasteiger partial charge in [0.1, 0.15) is 5.82 Å². The Morgan fingerprint density at radius 1 is 1.30 bits per heavy atom. The fourth-order valence-electron chi connectivity index (χ4n) is 2.33. The van der Waals surface area contributed by atoms with Crippen LogP contribution >= 0.6 is 11.8 Å². The number of carbonyl (C=O) groups is 2. The Labute approximate surface area is 137 Å². The molecule has 2 aromatic rings. The summed E-state index contributed by atoms with van der Waals surface area (Å²) in [5.41, 5.74) is 1.96. The van der Waals surface area contributed by atoms with Crippen molar-refractivity contribution in [1.82, 2.24) is 0 Å². The average Bonchev–Trinajstić information content (AvgIpc) is 2.51. The molecule has 0 spiro atoms. The molecule has 4 nitrogen and oxygen atoms in total. The van der Waals surface area contributed by atoms with Gasteiger partial charge in [0.25, 0.3) is 0 Å². The number of anilines is 2. The highest BCUT2D eigenvalue weighted by Gasteiger charge is 2.28. The maximum Gasteiger partial charge on any atom is 0.238 e. The molecule has 3 rings (SSSR count). The van der Waals surface area contributed by atoms with Crippen molar-refractivity contribution in [1.29, 1.82) is 0 Å². The molecule has 0 saturated heterocycles. The molecule has 0 saturated carbocycles. The lowest BCUT2D eigenvalue weighted by molar-refractivity contribution is -0.120. The number of halogens is 1. The molecular weight excluding hydrogens is 315 g/mol. The van der Waals surface area contributed by atoms with E-state index >= 15 is 0 Å². The van der Waals surface area contributed by atoms with E-state index in [9.17, 15) is 14.0 Å². The van der Waals surface area contributed by atoms with Gasteiger partial charge in [0.05, 0.1) is 10.9 Å². The van der Waals surface area contributed by atoms with Crippen LogP contribution in [-0.4, -0.2) is 17.1 Å². The lowest BCUT2D eigenvalue weighted by atomic mass is 10.2. The number of benzene rings is 2. The molecule has 0 unspecified atom stereocenters. The Kier molecular flexibility index (Phi) is 4.34. The second kappa shape index (κ2) is 6.42. The van der Waals surface area contributed by atoms with Crippen molar-refractivity contribution >= 4 is 35.0 Å². The van der Waals surface area contributed by atoms with E-state index in [-0.39, 0.29) is 18.2 Å². The van der Waals surface area contributed by atoms with Crippen molar-refractivity contribution < 1.29 is 14.0 Å². The number of carbonyl (C=O) groups excluding carboxylic acids is 2. The van der Waals surface area contributed by atoms with E-state index in [1.54, 1.807) is 13.0 Å². The van der Waals surface area contributed by atoms with Crippen LogP contribution in [0.15, 0.2) is 47.4 Å². The first kappa shape index (κ1) is 15.6. The summed E-state index contributed by atoms with van der Waals surface area (Å²) in [5, 5.41) is 4.97. The molecule has 2 N–H and O–H groups in total. The summed E-state index contributed by atoms with van der Waals surface area (Å²) in [7, 11) is 0. The zero-order valence-corrected chi connectivity index (χ0v) is 13.2. The molecule has 0 fully saturated rings. The van der Waals surface area contributed by atoms with Crippen molar-refractivity contribution in [3.63, 3.8) is 0 Å². The molecule has 0 radical (unpaired) electrons. The second-order valence-electron chi connectivity index (χ2n) is 5.30. The predicted octanol–water partition coefficient (Wildman–Crippen LogP) is 3.58. The van der Waals surface area contributed by atoms with Crippen LogP contribution in [0.25, 0.3) is 0 Å². The summed E-state index contributed by atoms with van der Waals surface area (Å²) in [6, 6.07) is 11.7. The van der Waals surface area contributed by atoms with E-state index in [0.29, 0.717) is 5.69 Å². The highest BCUT2D eigenvalue weighted by Crippen LogP contribution is 2.36. The van der Waals surface area contributed by atoms with Gasteiger partial charge in [0, 0.05) is 17.0 Å². The first-order valence-corrected chi connectivity index (χ1v) is 8.03. The van der Waals surface area contributed by atoms with Crippen molar-refractivity contribution in [3.05, 3.63) is 53.8 Å². The number of aryl methyl sites for hydroxylation is 1. The molecule has 118 valence electrons. The maximum absolute atomic E-state index is 13.3. The van der Waals surface area contributed by atoms with Gasteiger partial charge in [-0.05, 0) is 36.8 Å². The minimum atomic E-state index is -0.501. The number of hydrogen-bond donors (Lipinski definition) is 2. The van der Waals surface area contributed by atoms with Crippen molar-refractivity contribution in [3.8, 4) is 0 Å². The van der Waals surface area contributed by atoms with Crippen LogP contribution in [0.2, 0.25) is 0 Å². The van der Waals surface area contributed by atoms with Gasteiger partial charge in [0.15, 0.2) is 0 Å². The van der Waals surface area contributed by atoms with E-state index in [4.69, 9.17) is 0 Å². The SMILES string of the molecule is Cc1ccc(F)cc1NC(=O)C[C@@H]1Sc2ccccc2NC1=O. The Morgan fingerprint density at radius 2 is 2.09 bits per heavy atom. The molecule has 1 aliphatic rings. The molecule has 1 atom stereocenters. The number of rotatable bonds is 3. The largest absolute Gasteiger partial charge is 0.326 e. The summed E-state index contributed by atoms with van der Waals surface area (Å²) in [4.78, 5) is 25.2. The van der Waals surface area contributed by atoms with Crippen LogP contribution in [-0.2, 0) is 9.59 Å². The first-order chi connectivity index (χ1) is 11.0. The standard InChI is InChI=1S/C17H15FN2O2S/c1-10-6-7-11(18)8-13(10)19-16(21)9-15-17(22)20-12-4-2-3-5-14(12)23-15/h2-8,15H,9H2,1H3,(H,19,21)(H,20,22)/t15-/m0/s1. The number of thioether (sulfide) groups is 1. The number of para-hydroxylation sites is 1. The highest BCUT2D eigenvalue weighted by molar-refractivity contribution is 8.01. The lowest BCUT2D eigenvalue weighted by Crippen LogP contribution is -2.32. The molecule has 1 aliphatic heterocycles. The smallest absolute Gasteiger partial charge is 0.238 e. The average molecular weight is 330 g/mol. The normalized spacial score (nSPS) is 16.4. The van der Waals surface area contributed by atoms with E-state index in [0.717, 1.165) is 16.1 Å². The minimum absolute atomic E-state index is 0.0286. The summed E-state index contributed by atoms with van der Waals surface area (Å²) in [5.74, 6) is -0.921. The maximum atomic E-state index is 13.3. The molecule has 0 aliphatic carbocycles. The minimum Gasteiger partial charge on any atom is -0.326 e. The molecular formula is C17H15FN2O2S. The van der Waals surface area contributed by atoms with Gasteiger partial charge in [-0.1, -0.05) is 18.2 Å². The quantitative estimate of drug-likeness (QED) is 0.904. The van der Waals surface area contributed by atoms with Gasteiger partial charge in [-0.25, -0.2) is 4.39 Å². The highest BCUT2D eigenvalue weighted by atomic mass is 32.2. The predicted molar refractivity (Wildman–Crippen MR) is 89.1 cm³/mol. The third-order valence-electron chi connectivity index (χ3n) is 3.55. The molecule has 0 aromatic heterocycles. The molecule has 2 amide bonds. The van der Waals surface area contributed by atoms with E-state index in [1.165, 1.54) is 23.9 Å². The number of nitrogens with one attached hydrogen (secondary N) is 2. The fourth-order valence-corrected chi connectivity index (χ4v) is 3.44. The van der Waals surface area contributed by atoms with Crippen LogP contribution in [0.1, 0.15) is 12.0 Å². The lowest BCUT2D eigenvalue weighted by Gasteiger charge is -2.23. The number of hydrogen-bond acceptors (Lipinski definition) is 3. The monoisotopic (exact) mass is 330 g/mol. The third-order valence-corrected chi connectivity index (χ3v) is 4.83. The van der Waals surface area contributed by atoms with Crippen LogP contribution in [0.4, 0.5) is 15.8 Å². The van der Waals surface area contributed by atoms with E-state index in [2.05, 4.69) is 10.6 Å². The van der Waals surface area contributed by atoms with Gasteiger partial charge in [-0.2, -0.15) is 0 Å². The zero-order valence-electron chi connectivity index (χ0n) is 12.4. The van der Waals surface area contributed by atoms with Crippen molar-refractivity contribution in [2.45, 2.75) is 23.5 Å². The van der Waals surface area contributed by atoms with Crippen molar-refractivity contribution in [2.75, 3.05) is 10.6 Å². The van der Waals surface area contributed by atoms with E-state index < -0.39 is 11.1 Å². The molecule has 6 heteroatoms. The Balaban J connectivity index is 1.69. The Morgan fingerprint density at radius 3 is 2.91 bits per heavy atom. The van der Waals surface area contributed by atoms with Gasteiger partial charge >= 0.3 is 0 Å². The molecule has 1 heterocycles. The first-order valence-electron chi connectivity index (χ1n) is 7.15. The third kappa shape index (κ3) is 3.53. The molecule has 0 bridgehead atoms. The Hall–Kier alpha value is -2.34. The summed E-state index contributed by atoms with van der Waals surface area (Å²) in [6.45, 7) is 1.79. The van der Waals surface area contributed by atoms with E-state index in [1.807, 2.05) is 24.3 Å². The number of fused-ring (bicyclic) bond motifs is 1. The summed E-state index contributed by atoms with van der Waals surface area (Å²) in [6.07, 6.45) is 0.0286. The Bertz CT molecular complexity index is 779. The van der Waals surface area contributed by atoms with Gasteiger partial charge < -0.3 is 10.6 Å². The number of amides is 2. The van der Waals surface area contributed by atoms with Gasteiger partial charge in [0.2, 0.25) is 11.8 Å². The van der Waals surface area contributed by atoms with Gasteiger partial charge in [-0.15, -0.1) is 11.8 Å². The zero-order chi connectivity index (χ0) is 16.4. The van der Waals surface area contributed by atoms with Crippen LogP contribution in [0, 0.1) is 12.7 Å².